The first-order valence-corrected chi connectivity index (χ1v) is 17.7. The number of nitrogens with two attached hydrogens (primary N) is 2. The van der Waals surface area contributed by atoms with Crippen LogP contribution >= 0.6 is 0 Å². The van der Waals surface area contributed by atoms with Gasteiger partial charge in [-0.15, -0.1) is 0 Å². The van der Waals surface area contributed by atoms with Crippen molar-refractivity contribution in [1.82, 2.24) is 15.5 Å². The van der Waals surface area contributed by atoms with Crippen molar-refractivity contribution in [2.24, 2.45) is 35.1 Å². The maximum atomic E-state index is 14.0. The molecular formula is C38H55N5O5. The van der Waals surface area contributed by atoms with Crippen molar-refractivity contribution < 1.29 is 24.3 Å². The number of hydrogen-bond acceptors (Lipinski definition) is 7. The summed E-state index contributed by atoms with van der Waals surface area (Å²) in [5.74, 6) is -1.60. The third-order valence-electron chi connectivity index (χ3n) is 9.85. The lowest BCUT2D eigenvalue weighted by Crippen LogP contribution is -2.55. The van der Waals surface area contributed by atoms with Crippen LogP contribution in [0.3, 0.4) is 0 Å². The van der Waals surface area contributed by atoms with Crippen LogP contribution < -0.4 is 22.1 Å². The lowest BCUT2D eigenvalue weighted by Gasteiger charge is -2.37. The van der Waals surface area contributed by atoms with Crippen LogP contribution in [0.5, 0.6) is 0 Å². The molecule has 2 bridgehead atoms. The molecule has 2 fully saturated rings. The zero-order valence-corrected chi connectivity index (χ0v) is 28.6. The van der Waals surface area contributed by atoms with Crippen LogP contribution in [0.15, 0.2) is 60.7 Å². The second kappa shape index (κ2) is 18.2. The summed E-state index contributed by atoms with van der Waals surface area (Å²) >= 11 is 0. The van der Waals surface area contributed by atoms with Crippen molar-refractivity contribution in [3.8, 4) is 0 Å². The minimum absolute atomic E-state index is 0.0666. The van der Waals surface area contributed by atoms with E-state index in [1.165, 1.54) is 0 Å². The fourth-order valence-electron chi connectivity index (χ4n) is 7.21. The van der Waals surface area contributed by atoms with Gasteiger partial charge in [-0.3, -0.25) is 19.2 Å². The minimum atomic E-state index is -0.874. The van der Waals surface area contributed by atoms with E-state index in [1.54, 1.807) is 4.90 Å². The van der Waals surface area contributed by atoms with Gasteiger partial charge in [-0.2, -0.15) is 0 Å². The lowest BCUT2D eigenvalue weighted by molar-refractivity contribution is -0.141. The molecule has 0 spiro atoms. The van der Waals surface area contributed by atoms with E-state index in [9.17, 15) is 24.3 Å². The van der Waals surface area contributed by atoms with Gasteiger partial charge in [0, 0.05) is 37.3 Å². The number of nitrogens with one attached hydrogen (secondary N) is 2. The van der Waals surface area contributed by atoms with Gasteiger partial charge in [0.05, 0.1) is 18.2 Å². The van der Waals surface area contributed by atoms with E-state index in [4.69, 9.17) is 11.5 Å². The molecule has 0 radical (unpaired) electrons. The first-order valence-electron chi connectivity index (χ1n) is 17.7. The Morgan fingerprint density at radius 2 is 1.40 bits per heavy atom. The normalized spacial score (nSPS) is 21.3. The molecule has 1 saturated carbocycles. The Kier molecular flexibility index (Phi) is 14.1. The number of aliphatic hydroxyl groups excluding tert-OH is 1. The van der Waals surface area contributed by atoms with Crippen LogP contribution in [0.1, 0.15) is 69.9 Å². The Hall–Kier alpha value is -3.60. The Morgan fingerprint density at radius 1 is 0.833 bits per heavy atom. The van der Waals surface area contributed by atoms with E-state index in [1.807, 2.05) is 74.5 Å². The quantitative estimate of drug-likeness (QED) is 0.153. The van der Waals surface area contributed by atoms with Crippen LogP contribution in [0, 0.1) is 23.7 Å². The second-order valence-corrected chi connectivity index (χ2v) is 14.2. The highest BCUT2D eigenvalue weighted by molar-refractivity contribution is 5.95. The van der Waals surface area contributed by atoms with E-state index in [0.717, 1.165) is 30.4 Å². The van der Waals surface area contributed by atoms with Crippen molar-refractivity contribution in [2.75, 3.05) is 19.6 Å². The SMILES string of the molecule is CC(C)CC(CC(=O)C(Cc1ccccc1)NC(=O)C(N)Cc1ccccc1)C(=O)NC(CCCCN)C(=O)N1CC2CCC(C1)C2O. The van der Waals surface area contributed by atoms with Gasteiger partial charge in [-0.05, 0) is 75.0 Å². The number of Topliss-reactive ketones (excluding diaryl/α,β-unsaturated/α-hetero) is 1. The van der Waals surface area contributed by atoms with Crippen LogP contribution in [0.4, 0.5) is 0 Å². The average Bonchev–Trinajstić information content (AvgIpc) is 3.26. The number of ketones is 1. The number of unbranched alkanes of at least 4 members (excludes halogenated alkanes) is 1. The molecule has 2 aliphatic rings. The Labute approximate surface area is 285 Å². The van der Waals surface area contributed by atoms with Crippen molar-refractivity contribution in [2.45, 2.75) is 95.9 Å². The van der Waals surface area contributed by atoms with Gasteiger partial charge in [0.1, 0.15) is 6.04 Å². The minimum Gasteiger partial charge on any atom is -0.392 e. The lowest BCUT2D eigenvalue weighted by atomic mass is 9.88. The number of nitrogens with zero attached hydrogens (tertiary/aromatic N) is 1. The molecule has 2 aromatic rings. The maximum Gasteiger partial charge on any atom is 0.245 e. The van der Waals surface area contributed by atoms with Gasteiger partial charge < -0.3 is 32.1 Å². The molecule has 7 N–H and O–H groups in total. The van der Waals surface area contributed by atoms with Crippen molar-refractivity contribution >= 4 is 23.5 Å². The number of amides is 3. The molecule has 0 aromatic heterocycles. The summed E-state index contributed by atoms with van der Waals surface area (Å²) in [6.07, 6.45) is 4.23. The zero-order chi connectivity index (χ0) is 34.6. The summed E-state index contributed by atoms with van der Waals surface area (Å²) in [4.78, 5) is 56.8. The van der Waals surface area contributed by atoms with Crippen LogP contribution in [0.25, 0.3) is 0 Å². The number of aliphatic hydroxyl groups is 1. The fourth-order valence-corrected chi connectivity index (χ4v) is 7.21. The van der Waals surface area contributed by atoms with E-state index < -0.39 is 30.0 Å². The molecule has 3 amide bonds. The molecule has 1 heterocycles. The molecule has 262 valence electrons. The Bertz CT molecular complexity index is 1330. The van der Waals surface area contributed by atoms with Crippen LogP contribution in [-0.4, -0.2) is 77.4 Å². The number of carbonyl (C=O) groups excluding carboxylic acids is 4. The van der Waals surface area contributed by atoms with Gasteiger partial charge >= 0.3 is 0 Å². The largest absolute Gasteiger partial charge is 0.392 e. The van der Waals surface area contributed by atoms with E-state index in [2.05, 4.69) is 10.6 Å². The maximum absolute atomic E-state index is 14.0. The summed E-state index contributed by atoms with van der Waals surface area (Å²) in [5.41, 5.74) is 13.8. The van der Waals surface area contributed by atoms with Gasteiger partial charge in [0.25, 0.3) is 0 Å². The number of fused-ring (bicyclic) bond motifs is 2. The molecule has 1 aliphatic carbocycles. The number of likely N-dealkylation sites (tertiary alicyclic amines) is 1. The Balaban J connectivity index is 1.48. The van der Waals surface area contributed by atoms with Gasteiger partial charge in [0.15, 0.2) is 5.78 Å². The van der Waals surface area contributed by atoms with E-state index >= 15 is 0 Å². The second-order valence-electron chi connectivity index (χ2n) is 14.2. The molecular weight excluding hydrogens is 606 g/mol. The first-order chi connectivity index (χ1) is 23.0. The molecule has 1 saturated heterocycles. The topological polar surface area (TPSA) is 168 Å². The summed E-state index contributed by atoms with van der Waals surface area (Å²) in [7, 11) is 0. The summed E-state index contributed by atoms with van der Waals surface area (Å²) < 4.78 is 0. The number of rotatable bonds is 18. The predicted molar refractivity (Wildman–Crippen MR) is 186 cm³/mol. The van der Waals surface area contributed by atoms with Gasteiger partial charge in [-0.25, -0.2) is 0 Å². The van der Waals surface area contributed by atoms with Crippen molar-refractivity contribution in [1.29, 1.82) is 0 Å². The highest BCUT2D eigenvalue weighted by Crippen LogP contribution is 2.37. The molecule has 10 nitrogen and oxygen atoms in total. The highest BCUT2D eigenvalue weighted by Gasteiger charge is 2.43. The molecule has 6 unspecified atom stereocenters. The third kappa shape index (κ3) is 10.7. The molecule has 10 heteroatoms. The van der Waals surface area contributed by atoms with E-state index in [0.29, 0.717) is 45.3 Å². The average molecular weight is 662 g/mol. The first kappa shape index (κ1) is 37.2. The third-order valence-corrected chi connectivity index (χ3v) is 9.85. The summed E-state index contributed by atoms with van der Waals surface area (Å²) in [6.45, 7) is 5.45. The number of carbonyl (C=O) groups is 4. The van der Waals surface area contributed by atoms with Crippen molar-refractivity contribution in [3.63, 3.8) is 0 Å². The molecule has 2 aromatic carbocycles. The van der Waals surface area contributed by atoms with Crippen LogP contribution in [-0.2, 0) is 32.0 Å². The fraction of sp³-hybridized carbons (Fsp3) is 0.579. The molecule has 1 aliphatic heterocycles. The molecule has 4 rings (SSSR count). The summed E-state index contributed by atoms with van der Waals surface area (Å²) in [6, 6.07) is 16.5. The van der Waals surface area contributed by atoms with Gasteiger partial charge in [-0.1, -0.05) is 74.5 Å². The highest BCUT2D eigenvalue weighted by atomic mass is 16.3. The monoisotopic (exact) mass is 661 g/mol. The molecule has 48 heavy (non-hydrogen) atoms. The van der Waals surface area contributed by atoms with Crippen LogP contribution in [0.2, 0.25) is 0 Å². The Morgan fingerprint density at radius 3 is 1.96 bits per heavy atom. The van der Waals surface area contributed by atoms with E-state index in [-0.39, 0.29) is 54.3 Å². The zero-order valence-electron chi connectivity index (χ0n) is 28.6. The number of benzene rings is 2. The number of piperidine rings is 1. The van der Waals surface area contributed by atoms with Crippen molar-refractivity contribution in [3.05, 3.63) is 71.8 Å². The summed E-state index contributed by atoms with van der Waals surface area (Å²) in [5, 5.41) is 16.4. The molecule has 6 atom stereocenters. The standard InChI is InChI=1S/C38H55N5O5/c1-25(2)19-30(36(46)41-32(15-9-10-18-39)38(48)43-23-28-16-17-29(24-43)35(28)45)22-34(44)33(21-27-13-7-4-8-14-27)42-37(47)31(40)20-26-11-5-3-6-12-26/h3-8,11-14,25,28-33,35,45H,9-10,15-24,39-40H2,1-2H3,(H,41,46)(H,42,47). The predicted octanol–water partition coefficient (Wildman–Crippen LogP) is 2.75. The van der Waals surface area contributed by atoms with Gasteiger partial charge in [0.2, 0.25) is 17.7 Å². The number of hydrogen-bond donors (Lipinski definition) is 5. The smallest absolute Gasteiger partial charge is 0.245 e.